The van der Waals surface area contributed by atoms with E-state index in [0.29, 0.717) is 36.2 Å². The lowest BCUT2D eigenvalue weighted by Gasteiger charge is -2.32. The van der Waals surface area contributed by atoms with Crippen molar-refractivity contribution in [2.24, 2.45) is 5.92 Å². The summed E-state index contributed by atoms with van der Waals surface area (Å²) in [5.74, 6) is 0.195. The van der Waals surface area contributed by atoms with Gasteiger partial charge in [-0.2, -0.15) is 0 Å². The predicted octanol–water partition coefficient (Wildman–Crippen LogP) is 1.39. The van der Waals surface area contributed by atoms with Gasteiger partial charge in [0.25, 0.3) is 5.56 Å². The molecule has 0 saturated carbocycles. The molecule has 0 aromatic carbocycles. The van der Waals surface area contributed by atoms with Crippen molar-refractivity contribution in [2.75, 3.05) is 25.4 Å². The Balaban J connectivity index is 1.67. The van der Waals surface area contributed by atoms with Crippen LogP contribution in [0.3, 0.4) is 0 Å². The number of hydrogen-bond donors (Lipinski definition) is 0. The number of likely N-dealkylation sites (tertiary alicyclic amines) is 1. The molecule has 2 aliphatic heterocycles. The zero-order valence-electron chi connectivity index (χ0n) is 14.6. The number of thioether (sulfide) groups is 1. The van der Waals surface area contributed by atoms with Crippen LogP contribution < -0.4 is 5.56 Å². The first-order chi connectivity index (χ1) is 12.0. The molecule has 1 saturated heterocycles. The Hall–Kier alpha value is -1.83. The standard InChI is InChI=1S/C17H23N3O4S/c1-3-24-16(23)12-5-4-6-19(9-12)14(21)7-13-10-25-17-18-8-11(2)15(22)20(13)17/h8,12-13H,3-7,9-10H2,1-2H3. The first-order valence-electron chi connectivity index (χ1n) is 8.66. The van der Waals surface area contributed by atoms with Crippen molar-refractivity contribution in [1.82, 2.24) is 14.5 Å². The first-order valence-corrected chi connectivity index (χ1v) is 9.65. The van der Waals surface area contributed by atoms with E-state index in [0.717, 1.165) is 12.8 Å². The number of hydrogen-bond acceptors (Lipinski definition) is 6. The summed E-state index contributed by atoms with van der Waals surface area (Å²) >= 11 is 1.51. The zero-order valence-corrected chi connectivity index (χ0v) is 15.4. The van der Waals surface area contributed by atoms with Crippen LogP contribution in [0.4, 0.5) is 0 Å². The number of aryl methyl sites for hydroxylation is 1. The molecular weight excluding hydrogens is 342 g/mol. The van der Waals surface area contributed by atoms with Gasteiger partial charge in [0.2, 0.25) is 5.91 Å². The quantitative estimate of drug-likeness (QED) is 0.592. The summed E-state index contributed by atoms with van der Waals surface area (Å²) in [5.41, 5.74) is 0.514. The van der Waals surface area contributed by atoms with E-state index in [-0.39, 0.29) is 35.8 Å². The van der Waals surface area contributed by atoms with E-state index in [9.17, 15) is 14.4 Å². The molecule has 8 heteroatoms. The second-order valence-electron chi connectivity index (χ2n) is 6.50. The van der Waals surface area contributed by atoms with Crippen LogP contribution in [0.2, 0.25) is 0 Å². The average molecular weight is 365 g/mol. The molecule has 0 N–H and O–H groups in total. The molecule has 136 valence electrons. The normalized spacial score (nSPS) is 22.6. The lowest BCUT2D eigenvalue weighted by Crippen LogP contribution is -2.43. The molecule has 3 heterocycles. The summed E-state index contributed by atoms with van der Waals surface area (Å²) in [6, 6.07) is -0.171. The van der Waals surface area contributed by atoms with E-state index in [4.69, 9.17) is 4.74 Å². The molecule has 1 fully saturated rings. The Morgan fingerprint density at radius 2 is 2.24 bits per heavy atom. The van der Waals surface area contributed by atoms with Crippen molar-refractivity contribution in [3.63, 3.8) is 0 Å². The van der Waals surface area contributed by atoms with Crippen LogP contribution in [-0.2, 0) is 14.3 Å². The second-order valence-corrected chi connectivity index (χ2v) is 7.49. The zero-order chi connectivity index (χ0) is 18.0. The van der Waals surface area contributed by atoms with E-state index >= 15 is 0 Å². The fraction of sp³-hybridized carbons (Fsp3) is 0.647. The highest BCUT2D eigenvalue weighted by molar-refractivity contribution is 7.99. The van der Waals surface area contributed by atoms with Crippen LogP contribution >= 0.6 is 11.8 Å². The Morgan fingerprint density at radius 3 is 3.00 bits per heavy atom. The van der Waals surface area contributed by atoms with Crippen LogP contribution in [-0.4, -0.2) is 51.8 Å². The molecule has 3 rings (SSSR count). The van der Waals surface area contributed by atoms with Gasteiger partial charge in [0.05, 0.1) is 18.6 Å². The highest BCUT2D eigenvalue weighted by Crippen LogP contribution is 2.32. The summed E-state index contributed by atoms with van der Waals surface area (Å²) < 4.78 is 6.73. The Morgan fingerprint density at radius 1 is 1.44 bits per heavy atom. The maximum atomic E-state index is 12.7. The molecule has 0 radical (unpaired) electrons. The van der Waals surface area contributed by atoms with Gasteiger partial charge < -0.3 is 9.64 Å². The molecule has 1 amide bonds. The van der Waals surface area contributed by atoms with E-state index in [1.165, 1.54) is 11.8 Å². The monoisotopic (exact) mass is 365 g/mol. The summed E-state index contributed by atoms with van der Waals surface area (Å²) in [6.45, 7) is 4.94. The third kappa shape index (κ3) is 3.73. The third-order valence-corrected chi connectivity index (χ3v) is 5.82. The van der Waals surface area contributed by atoms with Crippen molar-refractivity contribution in [3.8, 4) is 0 Å². The van der Waals surface area contributed by atoms with E-state index in [2.05, 4.69) is 4.98 Å². The predicted molar refractivity (Wildman–Crippen MR) is 93.5 cm³/mol. The number of fused-ring (bicyclic) bond motifs is 1. The number of amides is 1. The van der Waals surface area contributed by atoms with Gasteiger partial charge in [-0.05, 0) is 26.7 Å². The Bertz CT molecular complexity index is 733. The molecular formula is C17H23N3O4S. The van der Waals surface area contributed by atoms with Gasteiger partial charge in [0.15, 0.2) is 5.16 Å². The minimum Gasteiger partial charge on any atom is -0.466 e. The number of aromatic nitrogens is 2. The maximum Gasteiger partial charge on any atom is 0.310 e. The van der Waals surface area contributed by atoms with Crippen LogP contribution in [0.25, 0.3) is 0 Å². The molecule has 1 aromatic rings. The summed E-state index contributed by atoms with van der Waals surface area (Å²) in [6.07, 6.45) is 3.40. The summed E-state index contributed by atoms with van der Waals surface area (Å²) in [4.78, 5) is 43.0. The topological polar surface area (TPSA) is 81.5 Å². The van der Waals surface area contributed by atoms with Crippen molar-refractivity contribution < 1.29 is 14.3 Å². The third-order valence-electron chi connectivity index (χ3n) is 4.71. The van der Waals surface area contributed by atoms with E-state index in [1.54, 1.807) is 29.5 Å². The fourth-order valence-corrected chi connectivity index (χ4v) is 4.46. The fourth-order valence-electron chi connectivity index (χ4n) is 3.36. The molecule has 7 nitrogen and oxygen atoms in total. The summed E-state index contributed by atoms with van der Waals surface area (Å²) in [7, 11) is 0. The number of carbonyl (C=O) groups excluding carboxylic acids is 2. The lowest BCUT2D eigenvalue weighted by molar-refractivity contribution is -0.151. The van der Waals surface area contributed by atoms with Crippen molar-refractivity contribution in [2.45, 2.75) is 44.3 Å². The van der Waals surface area contributed by atoms with Gasteiger partial charge in [-0.25, -0.2) is 4.98 Å². The first kappa shape index (κ1) is 18.0. The molecule has 0 bridgehead atoms. The van der Waals surface area contributed by atoms with Gasteiger partial charge in [-0.3, -0.25) is 19.0 Å². The van der Waals surface area contributed by atoms with Crippen LogP contribution in [0.15, 0.2) is 16.1 Å². The highest BCUT2D eigenvalue weighted by atomic mass is 32.2. The molecule has 0 spiro atoms. The van der Waals surface area contributed by atoms with Crippen molar-refractivity contribution >= 4 is 23.6 Å². The van der Waals surface area contributed by atoms with Crippen molar-refractivity contribution in [1.29, 1.82) is 0 Å². The van der Waals surface area contributed by atoms with Gasteiger partial charge in [-0.1, -0.05) is 11.8 Å². The number of esters is 1. The summed E-state index contributed by atoms with van der Waals surface area (Å²) in [5, 5.41) is 0.677. The molecule has 1 aromatic heterocycles. The number of rotatable bonds is 4. The number of nitrogens with zero attached hydrogens (tertiary/aromatic N) is 3. The van der Waals surface area contributed by atoms with Crippen LogP contribution in [0.1, 0.15) is 37.8 Å². The molecule has 2 unspecified atom stereocenters. The largest absolute Gasteiger partial charge is 0.466 e. The number of carbonyl (C=O) groups is 2. The SMILES string of the molecule is CCOC(=O)C1CCCN(C(=O)CC2CSc3ncc(C)c(=O)n32)C1. The Labute approximate surface area is 150 Å². The minimum absolute atomic E-state index is 0.0131. The average Bonchev–Trinajstić information content (AvgIpc) is 3.02. The van der Waals surface area contributed by atoms with Gasteiger partial charge >= 0.3 is 5.97 Å². The van der Waals surface area contributed by atoms with Crippen LogP contribution in [0.5, 0.6) is 0 Å². The Kier molecular flexibility index (Phi) is 5.46. The van der Waals surface area contributed by atoms with Crippen molar-refractivity contribution in [3.05, 3.63) is 22.1 Å². The van der Waals surface area contributed by atoms with E-state index < -0.39 is 0 Å². The molecule has 2 atom stereocenters. The maximum absolute atomic E-state index is 12.7. The second kappa shape index (κ2) is 7.59. The lowest BCUT2D eigenvalue weighted by atomic mass is 9.97. The smallest absolute Gasteiger partial charge is 0.310 e. The molecule has 2 aliphatic rings. The van der Waals surface area contributed by atoms with Crippen LogP contribution in [0, 0.1) is 12.8 Å². The highest BCUT2D eigenvalue weighted by Gasteiger charge is 2.33. The van der Waals surface area contributed by atoms with E-state index in [1.807, 2.05) is 0 Å². The van der Waals surface area contributed by atoms with Gasteiger partial charge in [0.1, 0.15) is 0 Å². The number of ether oxygens (including phenoxy) is 1. The minimum atomic E-state index is -0.241. The number of piperidine rings is 1. The van der Waals surface area contributed by atoms with Gasteiger partial charge in [0, 0.05) is 37.0 Å². The molecule has 25 heavy (non-hydrogen) atoms. The van der Waals surface area contributed by atoms with Gasteiger partial charge in [-0.15, -0.1) is 0 Å². The molecule has 0 aliphatic carbocycles.